The number of nitrogens with one attached hydrogen (secondary N) is 1. The number of amides is 1. The second-order valence-corrected chi connectivity index (χ2v) is 6.15. The van der Waals surface area contributed by atoms with Gasteiger partial charge >= 0.3 is 6.55 Å². The lowest BCUT2D eigenvalue weighted by molar-refractivity contribution is 0.0704. The smallest absolute Gasteiger partial charge is 0.320 e. The van der Waals surface area contributed by atoms with Gasteiger partial charge in [0.15, 0.2) is 0 Å². The summed E-state index contributed by atoms with van der Waals surface area (Å²) in [6.07, 6.45) is 0. The van der Waals surface area contributed by atoms with E-state index in [0.717, 1.165) is 4.57 Å². The monoisotopic (exact) mass is 373 g/mol. The fourth-order valence-electron chi connectivity index (χ4n) is 2.98. The molecule has 1 atom stereocenters. The molecule has 1 aromatic heterocycles. The number of alkyl halides is 2. The van der Waals surface area contributed by atoms with Crippen LogP contribution >= 0.6 is 0 Å². The van der Waals surface area contributed by atoms with Gasteiger partial charge in [-0.25, -0.2) is 4.98 Å². The van der Waals surface area contributed by atoms with Gasteiger partial charge in [0.1, 0.15) is 11.6 Å². The first kappa shape index (κ1) is 18.8. The van der Waals surface area contributed by atoms with Gasteiger partial charge < -0.3 is 10.1 Å². The van der Waals surface area contributed by atoms with Crippen LogP contribution in [0.25, 0.3) is 11.0 Å². The fraction of sp³-hybridized carbons (Fsp3) is 0.300. The lowest BCUT2D eigenvalue weighted by atomic mass is 10.1. The summed E-state index contributed by atoms with van der Waals surface area (Å²) < 4.78 is 33.5. The van der Waals surface area contributed by atoms with Crippen molar-refractivity contribution in [2.24, 2.45) is 0 Å². The van der Waals surface area contributed by atoms with Crippen LogP contribution in [0.1, 0.15) is 42.5 Å². The lowest BCUT2D eigenvalue weighted by Gasteiger charge is -2.16. The van der Waals surface area contributed by atoms with Crippen molar-refractivity contribution in [2.75, 3.05) is 13.2 Å². The SMILES string of the molecule is CCOc1ccccc1C(=O)NC[C@H](C)c1nc2ccccc2n1C(F)F. The van der Waals surface area contributed by atoms with E-state index < -0.39 is 12.5 Å². The molecule has 0 saturated carbocycles. The molecule has 5 nitrogen and oxygen atoms in total. The summed E-state index contributed by atoms with van der Waals surface area (Å²) in [5.41, 5.74) is 1.30. The molecule has 0 saturated heterocycles. The lowest BCUT2D eigenvalue weighted by Crippen LogP contribution is -2.29. The third-order valence-electron chi connectivity index (χ3n) is 4.26. The van der Waals surface area contributed by atoms with Crippen LogP contribution in [-0.4, -0.2) is 28.6 Å². The molecule has 27 heavy (non-hydrogen) atoms. The van der Waals surface area contributed by atoms with Crippen LogP contribution in [0, 0.1) is 0 Å². The Morgan fingerprint density at radius 1 is 1.19 bits per heavy atom. The maximum atomic E-state index is 13.6. The molecule has 3 aromatic rings. The van der Waals surface area contributed by atoms with E-state index in [2.05, 4.69) is 10.3 Å². The quantitative estimate of drug-likeness (QED) is 0.669. The van der Waals surface area contributed by atoms with Crippen molar-refractivity contribution in [2.45, 2.75) is 26.3 Å². The van der Waals surface area contributed by atoms with Crippen molar-refractivity contribution in [3.63, 3.8) is 0 Å². The standard InChI is InChI=1S/C20H21F2N3O2/c1-3-27-17-11-7-4-8-14(17)19(26)23-12-13(2)18-24-15-9-5-6-10-16(15)25(18)20(21)22/h4-11,13,20H,3,12H2,1-2H3,(H,23,26)/t13-/m0/s1. The number of rotatable bonds is 7. The Bertz CT molecular complexity index is 940. The number of fused-ring (bicyclic) bond motifs is 1. The van der Waals surface area contributed by atoms with Crippen molar-refractivity contribution in [3.8, 4) is 5.75 Å². The van der Waals surface area contributed by atoms with Crippen LogP contribution in [0.2, 0.25) is 0 Å². The molecule has 0 aliphatic heterocycles. The third-order valence-corrected chi connectivity index (χ3v) is 4.26. The molecule has 1 amide bonds. The van der Waals surface area contributed by atoms with Crippen LogP contribution in [-0.2, 0) is 0 Å². The number of carbonyl (C=O) groups excluding carboxylic acids is 1. The molecular formula is C20H21F2N3O2. The number of aromatic nitrogens is 2. The van der Waals surface area contributed by atoms with Crippen molar-refractivity contribution in [1.29, 1.82) is 0 Å². The number of halogens is 2. The Balaban J connectivity index is 1.79. The van der Waals surface area contributed by atoms with Crippen LogP contribution < -0.4 is 10.1 Å². The molecule has 1 heterocycles. The minimum atomic E-state index is -2.70. The maximum absolute atomic E-state index is 13.6. The van der Waals surface area contributed by atoms with E-state index in [1.165, 1.54) is 0 Å². The zero-order valence-electron chi connectivity index (χ0n) is 15.2. The molecule has 7 heteroatoms. The molecule has 0 radical (unpaired) electrons. The molecule has 0 unspecified atom stereocenters. The molecule has 2 aromatic carbocycles. The largest absolute Gasteiger partial charge is 0.493 e. The number of ether oxygens (including phenoxy) is 1. The molecule has 0 fully saturated rings. The van der Waals surface area contributed by atoms with Crippen molar-refractivity contribution < 1.29 is 18.3 Å². The summed E-state index contributed by atoms with van der Waals surface area (Å²) in [5, 5.41) is 2.79. The second-order valence-electron chi connectivity index (χ2n) is 6.15. The number of nitrogens with zero attached hydrogens (tertiary/aromatic N) is 2. The summed E-state index contributed by atoms with van der Waals surface area (Å²) in [6.45, 7) is 1.51. The normalized spacial score (nSPS) is 12.3. The molecule has 0 spiro atoms. The van der Waals surface area contributed by atoms with Gasteiger partial charge in [0.05, 0.1) is 23.2 Å². The van der Waals surface area contributed by atoms with Gasteiger partial charge in [-0.1, -0.05) is 31.2 Å². The van der Waals surface area contributed by atoms with Gasteiger partial charge in [-0.05, 0) is 31.2 Å². The van der Waals surface area contributed by atoms with Gasteiger partial charge in [0, 0.05) is 12.5 Å². The number of benzene rings is 2. The van der Waals surface area contributed by atoms with Crippen LogP contribution in [0.4, 0.5) is 8.78 Å². The van der Waals surface area contributed by atoms with Crippen LogP contribution in [0.5, 0.6) is 5.75 Å². The average Bonchev–Trinajstić information content (AvgIpc) is 3.06. The Morgan fingerprint density at radius 3 is 2.63 bits per heavy atom. The molecule has 0 aliphatic carbocycles. The fourth-order valence-corrected chi connectivity index (χ4v) is 2.98. The van der Waals surface area contributed by atoms with Crippen molar-refractivity contribution >= 4 is 16.9 Å². The van der Waals surface area contributed by atoms with E-state index >= 15 is 0 Å². The van der Waals surface area contributed by atoms with Gasteiger partial charge in [-0.3, -0.25) is 9.36 Å². The number of hydrogen-bond acceptors (Lipinski definition) is 3. The Hall–Kier alpha value is -2.96. The molecule has 3 rings (SSSR count). The summed E-state index contributed by atoms with van der Waals surface area (Å²) >= 11 is 0. The Kier molecular flexibility index (Phi) is 5.69. The molecule has 0 bridgehead atoms. The van der Waals surface area contributed by atoms with Crippen molar-refractivity contribution in [1.82, 2.24) is 14.9 Å². The third kappa shape index (κ3) is 3.92. The number of imidazole rings is 1. The second kappa shape index (κ2) is 8.16. The van der Waals surface area contributed by atoms with Gasteiger partial charge in [0.25, 0.3) is 5.91 Å². The molecular weight excluding hydrogens is 352 g/mol. The Labute approximate surface area is 156 Å². The van der Waals surface area contributed by atoms with E-state index in [0.29, 0.717) is 29.0 Å². The predicted molar refractivity (Wildman–Crippen MR) is 99.3 cm³/mol. The van der Waals surface area contributed by atoms with E-state index in [9.17, 15) is 13.6 Å². The van der Waals surface area contributed by atoms with Gasteiger partial charge in [0.2, 0.25) is 0 Å². The first-order chi connectivity index (χ1) is 13.0. The number of para-hydroxylation sites is 3. The van der Waals surface area contributed by atoms with Gasteiger partial charge in [-0.15, -0.1) is 0 Å². The van der Waals surface area contributed by atoms with Crippen LogP contribution in [0.3, 0.4) is 0 Å². The predicted octanol–water partition coefficient (Wildman–Crippen LogP) is 4.36. The first-order valence-electron chi connectivity index (χ1n) is 8.78. The summed E-state index contributed by atoms with van der Waals surface area (Å²) in [5.74, 6) is 0.0229. The topological polar surface area (TPSA) is 56.1 Å². The first-order valence-corrected chi connectivity index (χ1v) is 8.78. The minimum Gasteiger partial charge on any atom is -0.493 e. The van der Waals surface area contributed by atoms with E-state index in [4.69, 9.17) is 4.74 Å². The molecule has 1 N–H and O–H groups in total. The average molecular weight is 373 g/mol. The van der Waals surface area contributed by atoms with E-state index in [-0.39, 0.29) is 18.3 Å². The summed E-state index contributed by atoms with van der Waals surface area (Å²) in [7, 11) is 0. The Morgan fingerprint density at radius 2 is 1.89 bits per heavy atom. The molecule has 0 aliphatic rings. The summed E-state index contributed by atoms with van der Waals surface area (Å²) in [4.78, 5) is 16.8. The zero-order chi connectivity index (χ0) is 19.4. The highest BCUT2D eigenvalue weighted by Crippen LogP contribution is 2.27. The van der Waals surface area contributed by atoms with E-state index in [1.54, 1.807) is 55.5 Å². The minimum absolute atomic E-state index is 0.176. The zero-order valence-corrected chi connectivity index (χ0v) is 15.2. The highest BCUT2D eigenvalue weighted by molar-refractivity contribution is 5.96. The van der Waals surface area contributed by atoms with Gasteiger partial charge in [-0.2, -0.15) is 8.78 Å². The highest BCUT2D eigenvalue weighted by atomic mass is 19.3. The summed E-state index contributed by atoms with van der Waals surface area (Å²) in [6, 6.07) is 13.7. The number of carbonyl (C=O) groups is 1. The van der Waals surface area contributed by atoms with Crippen molar-refractivity contribution in [3.05, 3.63) is 59.9 Å². The number of hydrogen-bond donors (Lipinski definition) is 1. The highest BCUT2D eigenvalue weighted by Gasteiger charge is 2.22. The van der Waals surface area contributed by atoms with E-state index in [1.807, 2.05) is 6.92 Å². The maximum Gasteiger partial charge on any atom is 0.320 e. The molecule has 142 valence electrons. The van der Waals surface area contributed by atoms with Crippen LogP contribution in [0.15, 0.2) is 48.5 Å².